The van der Waals surface area contributed by atoms with Gasteiger partial charge in [0.1, 0.15) is 0 Å². The molecule has 104 valence electrons. The molecule has 19 heavy (non-hydrogen) atoms. The van der Waals surface area contributed by atoms with Crippen LogP contribution in [0, 0.1) is 0 Å². The Morgan fingerprint density at radius 2 is 2.16 bits per heavy atom. The van der Waals surface area contributed by atoms with Crippen molar-refractivity contribution < 1.29 is 9.59 Å². The molecule has 1 N–H and O–H groups in total. The molecule has 0 bridgehead atoms. The van der Waals surface area contributed by atoms with Crippen molar-refractivity contribution in [3.05, 3.63) is 22.4 Å². The molecule has 1 fully saturated rings. The van der Waals surface area contributed by atoms with Gasteiger partial charge in [0.15, 0.2) is 0 Å². The number of nitrogens with zero attached hydrogens (tertiary/aromatic N) is 2. The summed E-state index contributed by atoms with van der Waals surface area (Å²) in [4.78, 5) is 27.0. The second-order valence-electron chi connectivity index (χ2n) is 4.46. The van der Waals surface area contributed by atoms with Crippen molar-refractivity contribution in [2.24, 2.45) is 0 Å². The van der Waals surface area contributed by atoms with E-state index in [2.05, 4.69) is 35.5 Å². The standard InChI is InChI=1S/C13H19N3O2S/c1-3-15(4-2)11(10-5-6-19-9-10)8-16-12(17)7-14-13(16)18/h5-6,9,11H,3-4,7-8H2,1-2H3,(H,14,18)/t11-/m1/s1. The molecule has 5 nitrogen and oxygen atoms in total. The van der Waals surface area contributed by atoms with Gasteiger partial charge in [0.05, 0.1) is 19.1 Å². The lowest BCUT2D eigenvalue weighted by atomic mass is 10.1. The summed E-state index contributed by atoms with van der Waals surface area (Å²) in [6.07, 6.45) is 0. The highest BCUT2D eigenvalue weighted by Crippen LogP contribution is 2.24. The average molecular weight is 281 g/mol. The molecule has 1 aromatic heterocycles. The molecule has 0 saturated carbocycles. The Morgan fingerprint density at radius 1 is 1.42 bits per heavy atom. The van der Waals surface area contributed by atoms with Crippen LogP contribution in [0.2, 0.25) is 0 Å². The van der Waals surface area contributed by atoms with Gasteiger partial charge in [-0.3, -0.25) is 14.6 Å². The van der Waals surface area contributed by atoms with E-state index in [9.17, 15) is 9.59 Å². The minimum atomic E-state index is -0.280. The van der Waals surface area contributed by atoms with Gasteiger partial charge < -0.3 is 5.32 Å². The monoisotopic (exact) mass is 281 g/mol. The summed E-state index contributed by atoms with van der Waals surface area (Å²) >= 11 is 1.64. The maximum absolute atomic E-state index is 11.7. The highest BCUT2D eigenvalue weighted by Gasteiger charge is 2.32. The fourth-order valence-electron chi connectivity index (χ4n) is 2.37. The molecule has 2 rings (SSSR count). The van der Waals surface area contributed by atoms with Crippen LogP contribution in [0.4, 0.5) is 4.79 Å². The molecule has 3 amide bonds. The number of imide groups is 1. The normalized spacial score (nSPS) is 17.1. The quantitative estimate of drug-likeness (QED) is 0.807. The van der Waals surface area contributed by atoms with Crippen molar-refractivity contribution in [3.63, 3.8) is 0 Å². The Hall–Kier alpha value is -1.40. The van der Waals surface area contributed by atoms with Crippen molar-refractivity contribution in [3.8, 4) is 0 Å². The molecule has 2 heterocycles. The van der Waals surface area contributed by atoms with Gasteiger partial charge in [-0.25, -0.2) is 4.79 Å². The molecular weight excluding hydrogens is 262 g/mol. The molecule has 6 heteroatoms. The summed E-state index contributed by atoms with van der Waals surface area (Å²) in [6, 6.07) is 1.86. The number of carbonyl (C=O) groups is 2. The lowest BCUT2D eigenvalue weighted by molar-refractivity contribution is -0.125. The van der Waals surface area contributed by atoms with E-state index in [4.69, 9.17) is 0 Å². The summed E-state index contributed by atoms with van der Waals surface area (Å²) in [7, 11) is 0. The van der Waals surface area contributed by atoms with Gasteiger partial charge in [-0.15, -0.1) is 0 Å². The molecule has 1 saturated heterocycles. The average Bonchev–Trinajstić information content (AvgIpc) is 3.03. The van der Waals surface area contributed by atoms with E-state index >= 15 is 0 Å². The number of urea groups is 1. The predicted molar refractivity (Wildman–Crippen MR) is 75.1 cm³/mol. The molecule has 0 unspecified atom stereocenters. The second kappa shape index (κ2) is 6.16. The van der Waals surface area contributed by atoms with Crippen molar-refractivity contribution >= 4 is 23.3 Å². The minimum Gasteiger partial charge on any atom is -0.329 e. The summed E-state index contributed by atoms with van der Waals surface area (Å²) < 4.78 is 0. The molecule has 0 aromatic carbocycles. The van der Waals surface area contributed by atoms with Crippen LogP contribution in [0.25, 0.3) is 0 Å². The zero-order chi connectivity index (χ0) is 13.8. The second-order valence-corrected chi connectivity index (χ2v) is 5.24. The Kier molecular flexibility index (Phi) is 4.55. The van der Waals surface area contributed by atoms with Crippen LogP contribution in [0.5, 0.6) is 0 Å². The number of rotatable bonds is 6. The van der Waals surface area contributed by atoms with E-state index in [1.165, 1.54) is 10.5 Å². The van der Waals surface area contributed by atoms with Gasteiger partial charge in [0, 0.05) is 0 Å². The minimum absolute atomic E-state index is 0.0778. The fraction of sp³-hybridized carbons (Fsp3) is 0.538. The smallest absolute Gasteiger partial charge is 0.324 e. The first-order chi connectivity index (χ1) is 9.17. The summed E-state index contributed by atoms with van der Waals surface area (Å²) in [5, 5.41) is 6.68. The Bertz CT molecular complexity index is 427. The highest BCUT2D eigenvalue weighted by molar-refractivity contribution is 7.07. The molecule has 1 aliphatic rings. The molecule has 0 radical (unpaired) electrons. The maximum atomic E-state index is 11.7. The third kappa shape index (κ3) is 2.96. The number of nitrogens with one attached hydrogen (secondary N) is 1. The van der Waals surface area contributed by atoms with Crippen molar-refractivity contribution in [2.45, 2.75) is 19.9 Å². The zero-order valence-electron chi connectivity index (χ0n) is 11.3. The molecule has 0 spiro atoms. The Balaban J connectivity index is 2.18. The van der Waals surface area contributed by atoms with Gasteiger partial charge in [-0.05, 0) is 35.5 Å². The summed E-state index contributed by atoms with van der Waals surface area (Å²) in [6.45, 7) is 6.50. The van der Waals surface area contributed by atoms with E-state index in [0.29, 0.717) is 6.54 Å². The summed E-state index contributed by atoms with van der Waals surface area (Å²) in [5.74, 6) is -0.141. The Labute approximate surface area is 117 Å². The molecule has 0 aliphatic carbocycles. The van der Waals surface area contributed by atoms with Gasteiger partial charge in [-0.1, -0.05) is 13.8 Å². The topological polar surface area (TPSA) is 52.6 Å². The number of hydrogen-bond acceptors (Lipinski definition) is 4. The van der Waals surface area contributed by atoms with Crippen molar-refractivity contribution in [2.75, 3.05) is 26.2 Å². The number of carbonyl (C=O) groups excluding carboxylic acids is 2. The van der Waals surface area contributed by atoms with Crippen LogP contribution < -0.4 is 5.32 Å². The van der Waals surface area contributed by atoms with Crippen LogP contribution >= 0.6 is 11.3 Å². The third-order valence-corrected chi connectivity index (χ3v) is 4.18. The molecular formula is C13H19N3O2S. The largest absolute Gasteiger partial charge is 0.329 e. The maximum Gasteiger partial charge on any atom is 0.324 e. The van der Waals surface area contributed by atoms with E-state index in [-0.39, 0.29) is 24.5 Å². The van der Waals surface area contributed by atoms with E-state index < -0.39 is 0 Å². The first-order valence-electron chi connectivity index (χ1n) is 6.51. The van der Waals surface area contributed by atoms with Gasteiger partial charge >= 0.3 is 6.03 Å². The number of likely N-dealkylation sites (N-methyl/N-ethyl adjacent to an activating group) is 1. The van der Waals surface area contributed by atoms with E-state index in [1.807, 2.05) is 5.38 Å². The van der Waals surface area contributed by atoms with Gasteiger partial charge in [-0.2, -0.15) is 11.3 Å². The van der Waals surface area contributed by atoms with Gasteiger partial charge in [0.25, 0.3) is 0 Å². The van der Waals surface area contributed by atoms with Crippen molar-refractivity contribution in [1.82, 2.24) is 15.1 Å². The zero-order valence-corrected chi connectivity index (χ0v) is 12.1. The van der Waals surface area contributed by atoms with E-state index in [1.54, 1.807) is 11.3 Å². The molecule has 1 atom stereocenters. The lowest BCUT2D eigenvalue weighted by Gasteiger charge is -2.31. The van der Waals surface area contributed by atoms with Crippen LogP contribution in [-0.4, -0.2) is 47.9 Å². The molecule has 1 aliphatic heterocycles. The lowest BCUT2D eigenvalue weighted by Crippen LogP contribution is -2.41. The van der Waals surface area contributed by atoms with Crippen LogP contribution in [0.15, 0.2) is 16.8 Å². The fourth-order valence-corrected chi connectivity index (χ4v) is 3.08. The SMILES string of the molecule is CCN(CC)[C@H](CN1C(=O)CNC1=O)c1ccsc1. The number of amides is 3. The third-order valence-electron chi connectivity index (χ3n) is 3.47. The van der Waals surface area contributed by atoms with Crippen LogP contribution in [0.1, 0.15) is 25.5 Å². The highest BCUT2D eigenvalue weighted by atomic mass is 32.1. The number of hydrogen-bond donors (Lipinski definition) is 1. The molecule has 1 aromatic rings. The first-order valence-corrected chi connectivity index (χ1v) is 7.46. The summed E-state index contributed by atoms with van der Waals surface area (Å²) in [5.41, 5.74) is 1.17. The number of thiophene rings is 1. The predicted octanol–water partition coefficient (Wildman–Crippen LogP) is 1.68. The van der Waals surface area contributed by atoms with Gasteiger partial charge in [0.2, 0.25) is 5.91 Å². The Morgan fingerprint density at radius 3 is 2.63 bits per heavy atom. The van der Waals surface area contributed by atoms with E-state index in [0.717, 1.165) is 13.1 Å². The van der Waals surface area contributed by atoms with Crippen LogP contribution in [-0.2, 0) is 4.79 Å². The van der Waals surface area contributed by atoms with Crippen molar-refractivity contribution in [1.29, 1.82) is 0 Å². The first kappa shape index (κ1) is 14.0. The van der Waals surface area contributed by atoms with Crippen LogP contribution in [0.3, 0.4) is 0 Å².